The van der Waals surface area contributed by atoms with Gasteiger partial charge < -0.3 is 35.4 Å². The maximum Gasteiger partial charge on any atom is 0.466 e. The summed E-state index contributed by atoms with van der Waals surface area (Å²) in [7, 11) is 6.61. The van der Waals surface area contributed by atoms with Gasteiger partial charge in [0.25, 0.3) is 0 Å². The Bertz CT molecular complexity index is 293. The maximum atomic E-state index is 8.88. The van der Waals surface area contributed by atoms with E-state index in [4.69, 9.17) is 24.0 Å². The normalized spacial score (nSPS) is 9.79. The van der Waals surface area contributed by atoms with Gasteiger partial charge in [0.15, 0.2) is 0 Å². The quantitative estimate of drug-likeness (QED) is 0.127. The molecule has 0 heterocycles. The molecule has 0 radical (unpaired) electrons. The molecule has 208 valence electrons. The molecule has 0 rings (SSSR count). The van der Waals surface area contributed by atoms with E-state index in [9.17, 15) is 0 Å². The van der Waals surface area contributed by atoms with E-state index in [1.165, 1.54) is 89.9 Å². The molecule has 33 heavy (non-hydrogen) atoms. The highest BCUT2D eigenvalue weighted by Crippen LogP contribution is 2.25. The minimum absolute atomic E-state index is 0.873. The van der Waals surface area contributed by atoms with Crippen molar-refractivity contribution in [2.24, 2.45) is 0 Å². The molecule has 0 aromatic rings. The molecule has 0 amide bonds. The zero-order chi connectivity index (χ0) is 26.6. The largest absolute Gasteiger partial charge is 0.466 e. The Hall–Kier alpha value is -0.0500. The van der Waals surface area contributed by atoms with E-state index in [0.29, 0.717) is 0 Å². The van der Waals surface area contributed by atoms with E-state index in [1.807, 2.05) is 42.3 Å². The third-order valence-electron chi connectivity index (χ3n) is 3.85. The fourth-order valence-electron chi connectivity index (χ4n) is 2.54. The molecule has 0 saturated heterocycles. The summed E-state index contributed by atoms with van der Waals surface area (Å²) in [6.45, 7) is 6.20. The van der Waals surface area contributed by atoms with Crippen molar-refractivity contribution >= 4 is 7.82 Å². The average molecular weight is 504 g/mol. The number of unbranched alkanes of at least 4 members (excludes halogenated alkanes) is 13. The van der Waals surface area contributed by atoms with Gasteiger partial charge in [-0.1, -0.05) is 90.4 Å². The highest BCUT2D eigenvalue weighted by molar-refractivity contribution is 7.45. The van der Waals surface area contributed by atoms with E-state index in [1.54, 1.807) is 0 Å². The van der Waals surface area contributed by atoms with Gasteiger partial charge in [-0.15, -0.1) is 0 Å². The molecule has 0 aliphatic carbocycles. The summed E-state index contributed by atoms with van der Waals surface area (Å²) in [5.74, 6) is 0. The molecule has 9 heteroatoms. The van der Waals surface area contributed by atoms with Gasteiger partial charge in [0, 0.05) is 13.2 Å². The van der Waals surface area contributed by atoms with Crippen molar-refractivity contribution < 1.29 is 24.0 Å². The maximum absolute atomic E-state index is 8.88. The monoisotopic (exact) mass is 503 g/mol. The number of hydrogen-bond acceptors (Lipinski definition) is 5. The summed E-state index contributed by atoms with van der Waals surface area (Å²) >= 11 is 0. The predicted molar refractivity (Wildman–Crippen MR) is 146 cm³/mol. The Labute approximate surface area is 207 Å². The second-order valence-corrected chi connectivity index (χ2v) is 8.83. The number of nitrogens with one attached hydrogen (secondary N) is 3. The molecule has 0 unspecified atom stereocenters. The molecule has 0 saturated carbocycles. The molecule has 0 atom stereocenters. The Morgan fingerprint density at radius 1 is 0.545 bits per heavy atom. The summed E-state index contributed by atoms with van der Waals surface area (Å²) in [6, 6.07) is 0. The van der Waals surface area contributed by atoms with E-state index < -0.39 is 7.82 Å². The Kier molecular flexibility index (Phi) is 59.3. The zero-order valence-corrected chi connectivity index (χ0v) is 24.3. The van der Waals surface area contributed by atoms with Crippen LogP contribution in [0.4, 0.5) is 0 Å². The van der Waals surface area contributed by atoms with Crippen LogP contribution in [-0.4, -0.2) is 70.2 Å². The smallest absolute Gasteiger partial charge is 0.382 e. The molecular formula is C24H62N3O5P. The molecule has 0 aromatic heterocycles. The van der Waals surface area contributed by atoms with Crippen molar-refractivity contribution in [2.75, 3.05) is 55.5 Å². The third kappa shape index (κ3) is 113. The van der Waals surface area contributed by atoms with Crippen LogP contribution in [0.5, 0.6) is 0 Å². The third-order valence-corrected chi connectivity index (χ3v) is 3.85. The van der Waals surface area contributed by atoms with E-state index in [-0.39, 0.29) is 0 Å². The van der Waals surface area contributed by atoms with Gasteiger partial charge in [-0.25, -0.2) is 4.57 Å². The summed E-state index contributed by atoms with van der Waals surface area (Å²) in [4.78, 5) is 21.6. The summed E-state index contributed by atoms with van der Waals surface area (Å²) in [6.07, 6.45) is 20.0. The number of hydrogen-bond donors (Lipinski definition) is 6. The predicted octanol–water partition coefficient (Wildman–Crippen LogP) is 5.08. The number of ether oxygens (including phenoxy) is 1. The highest BCUT2D eigenvalue weighted by atomic mass is 31.2. The van der Waals surface area contributed by atoms with Crippen LogP contribution in [0.1, 0.15) is 104 Å². The molecule has 0 spiro atoms. The highest BCUT2D eigenvalue weighted by Gasteiger charge is 2.00. The van der Waals surface area contributed by atoms with Gasteiger partial charge in [-0.3, -0.25) is 0 Å². The molecule has 0 fully saturated rings. The van der Waals surface area contributed by atoms with E-state index in [0.717, 1.165) is 13.2 Å². The van der Waals surface area contributed by atoms with Gasteiger partial charge in [0.1, 0.15) is 0 Å². The topological polar surface area (TPSA) is 123 Å². The van der Waals surface area contributed by atoms with Crippen molar-refractivity contribution in [3.05, 3.63) is 0 Å². The molecular weight excluding hydrogens is 441 g/mol. The lowest BCUT2D eigenvalue weighted by molar-refractivity contribution is 0.143. The second-order valence-electron chi connectivity index (χ2n) is 7.81. The summed E-state index contributed by atoms with van der Waals surface area (Å²) < 4.78 is 14.2. The lowest BCUT2D eigenvalue weighted by Crippen LogP contribution is -1.92. The van der Waals surface area contributed by atoms with Crippen LogP contribution in [-0.2, 0) is 9.30 Å². The number of phosphoric acid groups is 1. The number of rotatable bonds is 16. The van der Waals surface area contributed by atoms with Gasteiger partial charge in [-0.2, -0.15) is 0 Å². The lowest BCUT2D eigenvalue weighted by Gasteiger charge is -2.03. The summed E-state index contributed by atoms with van der Waals surface area (Å²) in [5, 5.41) is 8.25. The van der Waals surface area contributed by atoms with E-state index >= 15 is 0 Å². The fourth-order valence-corrected chi connectivity index (χ4v) is 2.54. The average Bonchev–Trinajstić information content (AvgIpc) is 2.71. The first-order chi connectivity index (χ1) is 15.7. The van der Waals surface area contributed by atoms with Gasteiger partial charge in [0.05, 0.1) is 0 Å². The van der Waals surface area contributed by atoms with Crippen LogP contribution >= 0.6 is 7.82 Å². The minimum atomic E-state index is -4.64. The Morgan fingerprint density at radius 2 is 0.758 bits per heavy atom. The van der Waals surface area contributed by atoms with Crippen LogP contribution in [0.2, 0.25) is 0 Å². The zero-order valence-electron chi connectivity index (χ0n) is 23.4. The molecule has 0 aliphatic heterocycles. The molecule has 0 bridgehead atoms. The second kappa shape index (κ2) is 45.4. The Balaban J connectivity index is -0.000000152. The van der Waals surface area contributed by atoms with Crippen LogP contribution in [0, 0.1) is 0 Å². The van der Waals surface area contributed by atoms with Crippen molar-refractivity contribution in [3.63, 3.8) is 0 Å². The SMILES string of the molecule is CCCCCCCCCCCCCCCCOCC.CNC.CNC.CNC.O=P(O)(O)O. The van der Waals surface area contributed by atoms with Crippen molar-refractivity contribution in [1.29, 1.82) is 0 Å². The van der Waals surface area contributed by atoms with Crippen LogP contribution in [0.3, 0.4) is 0 Å². The van der Waals surface area contributed by atoms with E-state index in [2.05, 4.69) is 29.8 Å². The van der Waals surface area contributed by atoms with Crippen LogP contribution < -0.4 is 16.0 Å². The van der Waals surface area contributed by atoms with Crippen LogP contribution in [0.15, 0.2) is 0 Å². The first kappa shape index (κ1) is 43.1. The summed E-state index contributed by atoms with van der Waals surface area (Å²) in [5.41, 5.74) is 0. The molecule has 0 aromatic carbocycles. The van der Waals surface area contributed by atoms with Crippen molar-refractivity contribution in [2.45, 2.75) is 104 Å². The molecule has 6 N–H and O–H groups in total. The minimum Gasteiger partial charge on any atom is -0.382 e. The first-order valence-electron chi connectivity index (χ1n) is 12.8. The van der Waals surface area contributed by atoms with Crippen LogP contribution in [0.25, 0.3) is 0 Å². The standard InChI is InChI=1S/C18H38O.3C2H7N.H3O4P/c1-3-5-6-7-8-9-10-11-12-13-14-15-16-17-18-19-4-2;3*1-3-2;1-5(2,3)4/h3-18H2,1-2H3;3*3H,1-2H3;(H3,1,2,3,4). The lowest BCUT2D eigenvalue weighted by atomic mass is 10.0. The van der Waals surface area contributed by atoms with Crippen molar-refractivity contribution in [1.82, 2.24) is 16.0 Å². The van der Waals surface area contributed by atoms with Gasteiger partial charge >= 0.3 is 7.82 Å². The molecule has 8 nitrogen and oxygen atoms in total. The van der Waals surface area contributed by atoms with Crippen molar-refractivity contribution in [3.8, 4) is 0 Å². The van der Waals surface area contributed by atoms with Gasteiger partial charge in [-0.05, 0) is 55.6 Å². The van der Waals surface area contributed by atoms with Gasteiger partial charge in [0.2, 0.25) is 0 Å². The molecule has 0 aliphatic rings. The Morgan fingerprint density at radius 3 is 0.970 bits per heavy atom. The first-order valence-corrected chi connectivity index (χ1v) is 14.3. The fraction of sp³-hybridized carbons (Fsp3) is 1.00.